The van der Waals surface area contributed by atoms with Crippen molar-refractivity contribution >= 4 is 0 Å². The smallest absolute Gasteiger partial charge is 0.0501 e. The Morgan fingerprint density at radius 2 is 2.22 bits per heavy atom. The molecule has 0 spiro atoms. The van der Waals surface area contributed by atoms with Gasteiger partial charge in [-0.25, -0.2) is 0 Å². The van der Waals surface area contributed by atoms with Crippen molar-refractivity contribution in [2.24, 2.45) is 5.41 Å². The molecule has 0 aliphatic carbocycles. The monoisotopic (exact) mass is 250 g/mol. The summed E-state index contributed by atoms with van der Waals surface area (Å²) in [7, 11) is 0. The number of rotatable bonds is 5. The molecule has 0 amide bonds. The van der Waals surface area contributed by atoms with Crippen molar-refractivity contribution < 1.29 is 9.84 Å². The van der Waals surface area contributed by atoms with Crippen LogP contribution in [0.5, 0.6) is 0 Å². The highest BCUT2D eigenvalue weighted by molar-refractivity contribution is 5.17. The molecule has 1 saturated heterocycles. The second kappa shape index (κ2) is 6.27. The quantitative estimate of drug-likeness (QED) is 0.826. The average Bonchev–Trinajstić information content (AvgIpc) is 2.42. The molecule has 2 heterocycles. The Balaban J connectivity index is 1.85. The van der Waals surface area contributed by atoms with E-state index in [-0.39, 0.29) is 12.0 Å². The van der Waals surface area contributed by atoms with Gasteiger partial charge >= 0.3 is 0 Å². The van der Waals surface area contributed by atoms with Crippen LogP contribution in [0.3, 0.4) is 0 Å². The summed E-state index contributed by atoms with van der Waals surface area (Å²) in [5.74, 6) is 0. The van der Waals surface area contributed by atoms with Crippen LogP contribution in [0.25, 0.3) is 0 Å². The topological polar surface area (TPSA) is 54.4 Å². The van der Waals surface area contributed by atoms with Gasteiger partial charge in [0.2, 0.25) is 0 Å². The first-order valence-corrected chi connectivity index (χ1v) is 6.56. The summed E-state index contributed by atoms with van der Waals surface area (Å²) < 4.78 is 5.36. The van der Waals surface area contributed by atoms with Gasteiger partial charge in [-0.3, -0.25) is 4.98 Å². The van der Waals surface area contributed by atoms with Crippen molar-refractivity contribution in [2.45, 2.75) is 26.3 Å². The molecule has 2 N–H and O–H groups in total. The molecule has 0 saturated carbocycles. The minimum Gasteiger partial charge on any atom is -0.396 e. The van der Waals surface area contributed by atoms with E-state index in [1.165, 1.54) is 5.56 Å². The SMILES string of the molecule is Cc1ncccc1CNCC1(CO)CCOCC1. The number of nitrogens with zero attached hydrogens (tertiary/aromatic N) is 1. The number of nitrogens with one attached hydrogen (secondary N) is 1. The zero-order chi connectivity index (χ0) is 12.8. The largest absolute Gasteiger partial charge is 0.396 e. The first kappa shape index (κ1) is 13.5. The van der Waals surface area contributed by atoms with E-state index in [1.54, 1.807) is 0 Å². The van der Waals surface area contributed by atoms with E-state index < -0.39 is 0 Å². The lowest BCUT2D eigenvalue weighted by Gasteiger charge is -2.35. The Labute approximate surface area is 108 Å². The lowest BCUT2D eigenvalue weighted by molar-refractivity contribution is -0.0154. The van der Waals surface area contributed by atoms with Gasteiger partial charge < -0.3 is 15.2 Å². The Hall–Kier alpha value is -0.970. The summed E-state index contributed by atoms with van der Waals surface area (Å²) in [4.78, 5) is 4.27. The van der Waals surface area contributed by atoms with Crippen LogP contribution in [0.1, 0.15) is 24.1 Å². The highest BCUT2D eigenvalue weighted by Crippen LogP contribution is 2.29. The van der Waals surface area contributed by atoms with Crippen molar-refractivity contribution in [3.63, 3.8) is 0 Å². The molecule has 0 bridgehead atoms. The van der Waals surface area contributed by atoms with E-state index >= 15 is 0 Å². The van der Waals surface area contributed by atoms with Crippen LogP contribution in [0.15, 0.2) is 18.3 Å². The summed E-state index contributed by atoms with van der Waals surface area (Å²) in [6.45, 7) is 5.41. The van der Waals surface area contributed by atoms with Crippen molar-refractivity contribution in [1.29, 1.82) is 0 Å². The minimum absolute atomic E-state index is 0.00559. The molecule has 4 nitrogen and oxygen atoms in total. The van der Waals surface area contributed by atoms with Crippen molar-refractivity contribution in [2.75, 3.05) is 26.4 Å². The van der Waals surface area contributed by atoms with Gasteiger partial charge in [-0.1, -0.05) is 6.07 Å². The summed E-state index contributed by atoms with van der Waals surface area (Å²) in [6.07, 6.45) is 3.68. The number of aromatic nitrogens is 1. The van der Waals surface area contributed by atoms with Gasteiger partial charge in [0.1, 0.15) is 0 Å². The van der Waals surface area contributed by atoms with E-state index in [2.05, 4.69) is 16.4 Å². The van der Waals surface area contributed by atoms with Crippen molar-refractivity contribution in [1.82, 2.24) is 10.3 Å². The second-order valence-electron chi connectivity index (χ2n) is 5.12. The maximum Gasteiger partial charge on any atom is 0.0501 e. The Morgan fingerprint density at radius 1 is 1.44 bits per heavy atom. The van der Waals surface area contributed by atoms with Gasteiger partial charge in [-0.05, 0) is 31.4 Å². The fourth-order valence-electron chi connectivity index (χ4n) is 2.36. The van der Waals surface area contributed by atoms with E-state index in [9.17, 15) is 5.11 Å². The fraction of sp³-hybridized carbons (Fsp3) is 0.643. The number of ether oxygens (including phenoxy) is 1. The molecular formula is C14H22N2O2. The minimum atomic E-state index is -0.00559. The van der Waals surface area contributed by atoms with E-state index in [4.69, 9.17) is 4.74 Å². The third kappa shape index (κ3) is 3.28. The normalized spacial score (nSPS) is 18.8. The van der Waals surface area contributed by atoms with Gasteiger partial charge in [0.05, 0.1) is 6.61 Å². The molecule has 2 rings (SSSR count). The highest BCUT2D eigenvalue weighted by atomic mass is 16.5. The first-order valence-electron chi connectivity index (χ1n) is 6.56. The number of aryl methyl sites for hydroxylation is 1. The van der Waals surface area contributed by atoms with E-state index in [0.717, 1.165) is 44.8 Å². The molecule has 4 heteroatoms. The summed E-state index contributed by atoms with van der Waals surface area (Å²) in [5, 5.41) is 13.0. The maximum absolute atomic E-state index is 9.59. The Morgan fingerprint density at radius 3 is 2.89 bits per heavy atom. The summed E-state index contributed by atoms with van der Waals surface area (Å²) in [5.41, 5.74) is 2.28. The van der Waals surface area contributed by atoms with Gasteiger partial charge in [-0.2, -0.15) is 0 Å². The zero-order valence-electron chi connectivity index (χ0n) is 11.0. The van der Waals surface area contributed by atoms with Crippen LogP contribution in [0, 0.1) is 12.3 Å². The molecule has 0 radical (unpaired) electrons. The number of aliphatic hydroxyl groups excluding tert-OH is 1. The zero-order valence-corrected chi connectivity index (χ0v) is 11.0. The predicted octanol–water partition coefficient (Wildman–Crippen LogP) is 1.27. The third-order valence-electron chi connectivity index (χ3n) is 3.82. The van der Waals surface area contributed by atoms with Crippen molar-refractivity contribution in [3.8, 4) is 0 Å². The molecule has 1 aromatic heterocycles. The van der Waals surface area contributed by atoms with Crippen LogP contribution in [0.4, 0.5) is 0 Å². The Kier molecular flexibility index (Phi) is 4.69. The number of pyridine rings is 1. The summed E-state index contributed by atoms with van der Waals surface area (Å²) >= 11 is 0. The number of hydrogen-bond donors (Lipinski definition) is 2. The molecule has 1 aromatic rings. The van der Waals surface area contributed by atoms with Crippen LogP contribution >= 0.6 is 0 Å². The lowest BCUT2D eigenvalue weighted by Crippen LogP contribution is -2.41. The van der Waals surface area contributed by atoms with Gasteiger partial charge in [0, 0.05) is 43.6 Å². The number of hydrogen-bond acceptors (Lipinski definition) is 4. The molecule has 0 unspecified atom stereocenters. The second-order valence-corrected chi connectivity index (χ2v) is 5.12. The summed E-state index contributed by atoms with van der Waals surface area (Å²) in [6, 6.07) is 4.05. The van der Waals surface area contributed by atoms with Crippen LogP contribution < -0.4 is 5.32 Å². The van der Waals surface area contributed by atoms with Crippen LogP contribution in [-0.2, 0) is 11.3 Å². The average molecular weight is 250 g/mol. The van der Waals surface area contributed by atoms with Gasteiger partial charge in [-0.15, -0.1) is 0 Å². The van der Waals surface area contributed by atoms with E-state index in [1.807, 2.05) is 19.2 Å². The lowest BCUT2D eigenvalue weighted by atomic mass is 9.81. The molecule has 0 aromatic carbocycles. The molecule has 0 atom stereocenters. The number of aliphatic hydroxyl groups is 1. The van der Waals surface area contributed by atoms with Gasteiger partial charge in [0.15, 0.2) is 0 Å². The van der Waals surface area contributed by atoms with Crippen LogP contribution in [0.2, 0.25) is 0 Å². The molecule has 1 aliphatic heterocycles. The van der Waals surface area contributed by atoms with Gasteiger partial charge in [0.25, 0.3) is 0 Å². The van der Waals surface area contributed by atoms with E-state index in [0.29, 0.717) is 0 Å². The van der Waals surface area contributed by atoms with Crippen LogP contribution in [-0.4, -0.2) is 36.5 Å². The maximum atomic E-state index is 9.59. The molecule has 1 aliphatic rings. The Bertz CT molecular complexity index is 376. The highest BCUT2D eigenvalue weighted by Gasteiger charge is 2.31. The molecule has 18 heavy (non-hydrogen) atoms. The molecule has 100 valence electrons. The van der Waals surface area contributed by atoms with Crippen molar-refractivity contribution in [3.05, 3.63) is 29.6 Å². The third-order valence-corrected chi connectivity index (χ3v) is 3.82. The fourth-order valence-corrected chi connectivity index (χ4v) is 2.36. The first-order chi connectivity index (χ1) is 8.76. The molecular weight excluding hydrogens is 228 g/mol. The molecule has 1 fully saturated rings. The predicted molar refractivity (Wildman–Crippen MR) is 70.3 cm³/mol. The standard InChI is InChI=1S/C14H22N2O2/c1-12-13(3-2-6-16-12)9-15-10-14(11-17)4-7-18-8-5-14/h2-3,6,15,17H,4-5,7-11H2,1H3.